The summed E-state index contributed by atoms with van der Waals surface area (Å²) in [7, 11) is -3.86. The molecule has 1 amide bonds. The van der Waals surface area contributed by atoms with E-state index in [0.717, 1.165) is 11.3 Å². The van der Waals surface area contributed by atoms with Crippen LogP contribution in [0.1, 0.15) is 0 Å². The van der Waals surface area contributed by atoms with Crippen LogP contribution in [0, 0.1) is 0 Å². The highest BCUT2D eigenvalue weighted by atomic mass is 35.5. The normalized spacial score (nSPS) is 20.1. The molecule has 27 heavy (non-hydrogen) atoms. The van der Waals surface area contributed by atoms with Crippen LogP contribution in [-0.2, 0) is 19.6 Å². The molecule has 0 saturated carbocycles. The second-order valence-corrected chi connectivity index (χ2v) is 9.91. The van der Waals surface area contributed by atoms with E-state index in [2.05, 4.69) is 0 Å². The first-order chi connectivity index (χ1) is 13.0. The number of amides is 1. The van der Waals surface area contributed by atoms with Crippen molar-refractivity contribution in [1.29, 1.82) is 0 Å². The molecule has 10 heteroatoms. The molecule has 4 rings (SSSR count). The molecule has 3 heterocycles. The summed E-state index contributed by atoms with van der Waals surface area (Å²) in [4.78, 5) is 14.5. The van der Waals surface area contributed by atoms with Gasteiger partial charge in [-0.05, 0) is 24.3 Å². The summed E-state index contributed by atoms with van der Waals surface area (Å²) in [5.41, 5.74) is 0.410. The molecule has 2 aliphatic rings. The van der Waals surface area contributed by atoms with Gasteiger partial charge in [0.05, 0.1) is 29.8 Å². The van der Waals surface area contributed by atoms with Crippen molar-refractivity contribution in [1.82, 2.24) is 4.90 Å². The Kier molecular flexibility index (Phi) is 5.02. The van der Waals surface area contributed by atoms with Crippen LogP contribution in [0.2, 0.25) is 4.34 Å². The fourth-order valence-corrected chi connectivity index (χ4v) is 6.16. The van der Waals surface area contributed by atoms with Gasteiger partial charge >= 0.3 is 0 Å². The maximum Gasteiger partial charge on any atom is 0.274 e. The number of morpholine rings is 1. The quantitative estimate of drug-likeness (QED) is 0.749. The topological polar surface area (TPSA) is 76.2 Å². The lowest BCUT2D eigenvalue weighted by atomic mass is 10.2. The minimum Gasteiger partial charge on any atom is -0.476 e. The second kappa shape index (κ2) is 7.31. The number of para-hydroxylation sites is 2. The van der Waals surface area contributed by atoms with Crippen LogP contribution in [0.15, 0.2) is 40.6 Å². The maximum absolute atomic E-state index is 13.2. The summed E-state index contributed by atoms with van der Waals surface area (Å²) < 4.78 is 39.2. The summed E-state index contributed by atoms with van der Waals surface area (Å²) in [6.07, 6.45) is -0.914. The van der Waals surface area contributed by atoms with Gasteiger partial charge in [0.25, 0.3) is 15.9 Å². The van der Waals surface area contributed by atoms with E-state index in [1.54, 1.807) is 35.2 Å². The van der Waals surface area contributed by atoms with Gasteiger partial charge in [-0.15, -0.1) is 11.3 Å². The van der Waals surface area contributed by atoms with Crippen LogP contribution in [-0.4, -0.2) is 58.2 Å². The smallest absolute Gasteiger partial charge is 0.274 e. The summed E-state index contributed by atoms with van der Waals surface area (Å²) in [5.74, 6) is 0.124. The van der Waals surface area contributed by atoms with E-state index in [9.17, 15) is 13.2 Å². The van der Waals surface area contributed by atoms with Crippen molar-refractivity contribution in [3.63, 3.8) is 0 Å². The number of sulfonamides is 1. The van der Waals surface area contributed by atoms with Gasteiger partial charge in [-0.25, -0.2) is 8.42 Å². The van der Waals surface area contributed by atoms with E-state index in [1.807, 2.05) is 0 Å². The third-order valence-electron chi connectivity index (χ3n) is 4.43. The van der Waals surface area contributed by atoms with Crippen molar-refractivity contribution in [3.8, 4) is 5.75 Å². The summed E-state index contributed by atoms with van der Waals surface area (Å²) in [5, 5.41) is 0. The maximum atomic E-state index is 13.2. The molecular weight excluding hydrogens is 412 g/mol. The van der Waals surface area contributed by atoms with E-state index < -0.39 is 16.1 Å². The number of rotatable bonds is 3. The number of carbonyl (C=O) groups is 1. The Balaban J connectivity index is 1.69. The largest absolute Gasteiger partial charge is 0.476 e. The molecule has 1 atom stereocenters. The predicted octanol–water partition coefficient (Wildman–Crippen LogP) is 2.22. The minimum absolute atomic E-state index is 0.0922. The van der Waals surface area contributed by atoms with Crippen LogP contribution >= 0.6 is 22.9 Å². The number of nitrogens with zero attached hydrogens (tertiary/aromatic N) is 2. The molecule has 1 aromatic carbocycles. The number of anilines is 1. The zero-order valence-corrected chi connectivity index (χ0v) is 16.6. The molecule has 7 nitrogen and oxygen atoms in total. The molecule has 2 aromatic rings. The third-order valence-corrected chi connectivity index (χ3v) is 7.90. The van der Waals surface area contributed by atoms with Gasteiger partial charge < -0.3 is 14.4 Å². The molecular formula is C17H17ClN2O5S2. The molecule has 1 aromatic heterocycles. The zero-order chi connectivity index (χ0) is 19.0. The van der Waals surface area contributed by atoms with Crippen LogP contribution in [0.25, 0.3) is 0 Å². The van der Waals surface area contributed by atoms with Crippen LogP contribution < -0.4 is 9.04 Å². The molecule has 0 N–H and O–H groups in total. The third kappa shape index (κ3) is 3.52. The van der Waals surface area contributed by atoms with Crippen molar-refractivity contribution in [2.45, 2.75) is 10.3 Å². The van der Waals surface area contributed by atoms with Crippen molar-refractivity contribution < 1.29 is 22.7 Å². The number of thiophene rings is 1. The fraction of sp³-hybridized carbons (Fsp3) is 0.353. The predicted molar refractivity (Wildman–Crippen MR) is 102 cm³/mol. The van der Waals surface area contributed by atoms with Gasteiger partial charge in [0.15, 0.2) is 6.10 Å². The van der Waals surface area contributed by atoms with E-state index in [4.69, 9.17) is 21.1 Å². The molecule has 0 spiro atoms. The Morgan fingerprint density at radius 3 is 2.59 bits per heavy atom. The Bertz CT molecular complexity index is 956. The van der Waals surface area contributed by atoms with Gasteiger partial charge in [-0.1, -0.05) is 23.7 Å². The SMILES string of the molecule is O=C(C1CN(S(=O)(=O)c2ccc(Cl)s2)c2ccccc2O1)N1CCOCC1. The standard InChI is InChI=1S/C17H17ClN2O5S2/c18-15-5-6-16(26-15)27(22,23)20-11-14(17(21)19-7-9-24-10-8-19)25-13-4-2-1-3-12(13)20/h1-6,14H,7-11H2. The van der Waals surface area contributed by atoms with Crippen molar-refractivity contribution in [2.75, 3.05) is 37.2 Å². The van der Waals surface area contributed by atoms with Crippen LogP contribution in [0.3, 0.4) is 0 Å². The zero-order valence-electron chi connectivity index (χ0n) is 14.2. The number of carbonyl (C=O) groups excluding carboxylic acids is 1. The highest BCUT2D eigenvalue weighted by Gasteiger charge is 2.39. The van der Waals surface area contributed by atoms with Crippen LogP contribution in [0.5, 0.6) is 5.75 Å². The van der Waals surface area contributed by atoms with E-state index in [1.165, 1.54) is 10.4 Å². The molecule has 1 fully saturated rings. The fourth-order valence-electron chi connectivity index (χ4n) is 3.09. The molecule has 144 valence electrons. The first-order valence-electron chi connectivity index (χ1n) is 8.37. The van der Waals surface area contributed by atoms with Crippen molar-refractivity contribution >= 4 is 44.6 Å². The lowest BCUT2D eigenvalue weighted by molar-refractivity contribution is -0.142. The number of halogens is 1. The molecule has 0 radical (unpaired) electrons. The Morgan fingerprint density at radius 2 is 1.89 bits per heavy atom. The minimum atomic E-state index is -3.86. The molecule has 1 saturated heterocycles. The summed E-state index contributed by atoms with van der Waals surface area (Å²) >= 11 is 6.91. The Morgan fingerprint density at radius 1 is 1.15 bits per heavy atom. The molecule has 2 aliphatic heterocycles. The average molecular weight is 429 g/mol. The Hall–Kier alpha value is -1.81. The van der Waals surface area contributed by atoms with Crippen LogP contribution in [0.4, 0.5) is 5.69 Å². The molecule has 0 bridgehead atoms. The lowest BCUT2D eigenvalue weighted by Gasteiger charge is -2.37. The average Bonchev–Trinajstić information content (AvgIpc) is 3.14. The number of fused-ring (bicyclic) bond motifs is 1. The Labute approximate surface area is 166 Å². The lowest BCUT2D eigenvalue weighted by Crippen LogP contribution is -2.53. The summed E-state index contributed by atoms with van der Waals surface area (Å²) in [6.45, 7) is 1.77. The number of benzene rings is 1. The van der Waals surface area contributed by atoms with Gasteiger partial charge in [-0.3, -0.25) is 9.10 Å². The van der Waals surface area contributed by atoms with Gasteiger partial charge in [0.1, 0.15) is 9.96 Å². The number of ether oxygens (including phenoxy) is 2. The number of hydrogen-bond acceptors (Lipinski definition) is 6. The molecule has 1 unspecified atom stereocenters. The highest BCUT2D eigenvalue weighted by molar-refractivity contribution is 7.94. The first kappa shape index (κ1) is 18.5. The first-order valence-corrected chi connectivity index (χ1v) is 11.0. The molecule has 0 aliphatic carbocycles. The van der Waals surface area contributed by atoms with Gasteiger partial charge in [0, 0.05) is 13.1 Å². The van der Waals surface area contributed by atoms with Crippen molar-refractivity contribution in [2.24, 2.45) is 0 Å². The van der Waals surface area contributed by atoms with E-state index in [-0.39, 0.29) is 16.7 Å². The highest BCUT2D eigenvalue weighted by Crippen LogP contribution is 2.38. The van der Waals surface area contributed by atoms with Gasteiger partial charge in [-0.2, -0.15) is 0 Å². The monoisotopic (exact) mass is 428 g/mol. The number of hydrogen-bond donors (Lipinski definition) is 0. The van der Waals surface area contributed by atoms with E-state index >= 15 is 0 Å². The second-order valence-electron chi connectivity index (χ2n) is 6.11. The van der Waals surface area contributed by atoms with Gasteiger partial charge in [0.2, 0.25) is 0 Å². The van der Waals surface area contributed by atoms with E-state index in [0.29, 0.717) is 42.1 Å². The summed E-state index contributed by atoms with van der Waals surface area (Å²) in [6, 6.07) is 9.82. The van der Waals surface area contributed by atoms with Crippen molar-refractivity contribution in [3.05, 3.63) is 40.7 Å².